The van der Waals surface area contributed by atoms with Crippen LogP contribution in [0.3, 0.4) is 0 Å². The Labute approximate surface area is 283 Å². The predicted molar refractivity (Wildman–Crippen MR) is 205 cm³/mol. The molecule has 2 aromatic heterocycles. The monoisotopic (exact) mass is 623 g/mol. The first-order chi connectivity index (χ1) is 24.3. The van der Waals surface area contributed by atoms with Crippen molar-refractivity contribution in [3.05, 3.63) is 176 Å². The van der Waals surface area contributed by atoms with Crippen LogP contribution in [-0.2, 0) is 0 Å². The summed E-state index contributed by atoms with van der Waals surface area (Å²) in [5.74, 6) is 0. The van der Waals surface area contributed by atoms with Gasteiger partial charge in [-0.05, 0) is 69.4 Å². The van der Waals surface area contributed by atoms with Gasteiger partial charge < -0.3 is 4.57 Å². The second-order valence-electron chi connectivity index (χ2n) is 12.6. The molecule has 3 heteroatoms. The van der Waals surface area contributed by atoms with Gasteiger partial charge in [-0.15, -0.1) is 0 Å². The average Bonchev–Trinajstić information content (AvgIpc) is 3.51. The first kappa shape index (κ1) is 27.5. The van der Waals surface area contributed by atoms with Crippen molar-refractivity contribution in [1.29, 1.82) is 0 Å². The molecule has 0 radical (unpaired) electrons. The highest BCUT2D eigenvalue weighted by Crippen LogP contribution is 2.38. The molecule has 0 N–H and O–H groups in total. The Balaban J connectivity index is 1.13. The van der Waals surface area contributed by atoms with E-state index in [2.05, 4.69) is 174 Å². The summed E-state index contributed by atoms with van der Waals surface area (Å²) in [6.45, 7) is 0. The molecule has 0 aliphatic heterocycles. The molecule has 0 aliphatic rings. The zero-order valence-corrected chi connectivity index (χ0v) is 26.6. The highest BCUT2D eigenvalue weighted by atomic mass is 15.0. The smallest absolute Gasteiger partial charge is 0.0979 e. The number of fused-ring (bicyclic) bond motifs is 9. The van der Waals surface area contributed by atoms with E-state index in [1.54, 1.807) is 0 Å². The van der Waals surface area contributed by atoms with Crippen molar-refractivity contribution in [2.45, 2.75) is 0 Å². The molecule has 0 saturated carbocycles. The minimum Gasteiger partial charge on any atom is -0.309 e. The predicted octanol–water partition coefficient (Wildman–Crippen LogP) is 12.0. The van der Waals surface area contributed by atoms with Gasteiger partial charge in [-0.25, -0.2) is 4.98 Å². The fraction of sp³-hybridized carbons (Fsp3) is 0. The average molecular weight is 624 g/mol. The molecule has 0 bridgehead atoms. The SMILES string of the molecule is c1ccc(-c2ccc3c(c2)c2cc(-c4ccccc4)ccc2n3-c2ccc(-c3cnc4c5ccccc5c5ccccc5c4n3)cc2)cc1. The summed E-state index contributed by atoms with van der Waals surface area (Å²) in [4.78, 5) is 10.2. The minimum atomic E-state index is 0.863. The lowest BCUT2D eigenvalue weighted by atomic mass is 9.99. The van der Waals surface area contributed by atoms with Crippen LogP contribution < -0.4 is 0 Å². The zero-order chi connectivity index (χ0) is 32.3. The maximum absolute atomic E-state index is 5.22. The molecular weight excluding hydrogens is 595 g/mol. The molecule has 0 aliphatic carbocycles. The van der Waals surface area contributed by atoms with Gasteiger partial charge in [0.15, 0.2) is 0 Å². The largest absolute Gasteiger partial charge is 0.309 e. The van der Waals surface area contributed by atoms with Crippen LogP contribution in [0.4, 0.5) is 0 Å². The second-order valence-corrected chi connectivity index (χ2v) is 12.6. The summed E-state index contributed by atoms with van der Waals surface area (Å²) >= 11 is 0. The standard InChI is InChI=1S/C46H29N3/c1-3-11-30(12-4-1)33-21-25-43-40(27-33)41-28-34(31-13-5-2-6-14-31)22-26-44(41)49(43)35-23-19-32(20-24-35)42-29-47-45-38-17-9-7-15-36(38)37-16-8-10-18-39(37)46(45)48-42/h1-29H. The van der Waals surface area contributed by atoms with Crippen molar-refractivity contribution in [3.63, 3.8) is 0 Å². The summed E-state index contributed by atoms with van der Waals surface area (Å²) in [6.07, 6.45) is 1.91. The molecule has 0 amide bonds. The number of aromatic nitrogens is 3. The number of nitrogens with zero attached hydrogens (tertiary/aromatic N) is 3. The molecule has 0 spiro atoms. The van der Waals surface area contributed by atoms with Crippen molar-refractivity contribution in [3.8, 4) is 39.2 Å². The molecule has 0 unspecified atom stereocenters. The van der Waals surface area contributed by atoms with Gasteiger partial charge in [-0.3, -0.25) is 4.98 Å². The molecule has 0 atom stereocenters. The van der Waals surface area contributed by atoms with E-state index >= 15 is 0 Å². The van der Waals surface area contributed by atoms with Crippen LogP contribution in [0.25, 0.3) is 93.6 Å². The van der Waals surface area contributed by atoms with E-state index < -0.39 is 0 Å². The second kappa shape index (κ2) is 11.0. The van der Waals surface area contributed by atoms with Gasteiger partial charge >= 0.3 is 0 Å². The third-order valence-electron chi connectivity index (χ3n) is 9.83. The van der Waals surface area contributed by atoms with E-state index in [0.29, 0.717) is 0 Å². The van der Waals surface area contributed by atoms with Crippen LogP contribution in [0.5, 0.6) is 0 Å². The molecule has 2 heterocycles. The molecule has 0 saturated heterocycles. The van der Waals surface area contributed by atoms with Gasteiger partial charge in [0.05, 0.1) is 34.0 Å². The fourth-order valence-corrected chi connectivity index (χ4v) is 7.47. The normalized spacial score (nSPS) is 11.7. The molecule has 49 heavy (non-hydrogen) atoms. The summed E-state index contributed by atoms with van der Waals surface area (Å²) in [7, 11) is 0. The van der Waals surface area contributed by atoms with Crippen molar-refractivity contribution in [2.24, 2.45) is 0 Å². The van der Waals surface area contributed by atoms with Crippen LogP contribution in [0, 0.1) is 0 Å². The van der Waals surface area contributed by atoms with Crippen molar-refractivity contribution < 1.29 is 0 Å². The van der Waals surface area contributed by atoms with Crippen LogP contribution >= 0.6 is 0 Å². The molecule has 10 rings (SSSR count). The Morgan fingerprint density at radius 1 is 0.347 bits per heavy atom. The molecule has 3 nitrogen and oxygen atoms in total. The number of benzene rings is 8. The first-order valence-corrected chi connectivity index (χ1v) is 16.7. The summed E-state index contributed by atoms with van der Waals surface area (Å²) < 4.78 is 2.38. The van der Waals surface area contributed by atoms with Crippen molar-refractivity contribution >= 4 is 54.4 Å². The maximum Gasteiger partial charge on any atom is 0.0979 e. The van der Waals surface area contributed by atoms with Gasteiger partial charge in [0.25, 0.3) is 0 Å². The number of hydrogen-bond donors (Lipinski definition) is 0. The van der Waals surface area contributed by atoms with Gasteiger partial charge in [0.1, 0.15) is 0 Å². The number of rotatable bonds is 4. The van der Waals surface area contributed by atoms with Gasteiger partial charge in [0.2, 0.25) is 0 Å². The van der Waals surface area contributed by atoms with Gasteiger partial charge in [0, 0.05) is 32.8 Å². The Hall–Kier alpha value is -6.58. The van der Waals surface area contributed by atoms with E-state index in [1.807, 2.05) is 6.20 Å². The van der Waals surface area contributed by atoms with E-state index in [0.717, 1.165) is 38.8 Å². The van der Waals surface area contributed by atoms with E-state index in [-0.39, 0.29) is 0 Å². The number of hydrogen-bond acceptors (Lipinski definition) is 2. The van der Waals surface area contributed by atoms with Crippen molar-refractivity contribution in [1.82, 2.24) is 14.5 Å². The van der Waals surface area contributed by atoms with Gasteiger partial charge in [-0.1, -0.05) is 133 Å². The maximum atomic E-state index is 5.22. The Morgan fingerprint density at radius 3 is 1.37 bits per heavy atom. The molecule has 8 aromatic carbocycles. The fourth-order valence-electron chi connectivity index (χ4n) is 7.47. The summed E-state index contributed by atoms with van der Waals surface area (Å²) in [6, 6.07) is 60.6. The lowest BCUT2D eigenvalue weighted by Gasteiger charge is -2.12. The van der Waals surface area contributed by atoms with Crippen LogP contribution in [0.2, 0.25) is 0 Å². The molecule has 228 valence electrons. The minimum absolute atomic E-state index is 0.863. The van der Waals surface area contributed by atoms with Crippen LogP contribution in [-0.4, -0.2) is 14.5 Å². The summed E-state index contributed by atoms with van der Waals surface area (Å²) in [5, 5.41) is 7.12. The van der Waals surface area contributed by atoms with E-state index in [1.165, 1.54) is 54.8 Å². The first-order valence-electron chi connectivity index (χ1n) is 16.7. The third kappa shape index (κ3) is 4.44. The summed E-state index contributed by atoms with van der Waals surface area (Å²) in [5.41, 5.74) is 12.1. The third-order valence-corrected chi connectivity index (χ3v) is 9.83. The van der Waals surface area contributed by atoms with Crippen molar-refractivity contribution in [2.75, 3.05) is 0 Å². The Morgan fingerprint density at radius 2 is 0.816 bits per heavy atom. The van der Waals surface area contributed by atoms with Crippen LogP contribution in [0.1, 0.15) is 0 Å². The lowest BCUT2D eigenvalue weighted by molar-refractivity contribution is 1.18. The molecular formula is C46H29N3. The molecule has 10 aromatic rings. The quantitative estimate of drug-likeness (QED) is 0.183. The Kier molecular flexibility index (Phi) is 6.18. The van der Waals surface area contributed by atoms with Crippen LogP contribution in [0.15, 0.2) is 176 Å². The van der Waals surface area contributed by atoms with Gasteiger partial charge in [-0.2, -0.15) is 0 Å². The highest BCUT2D eigenvalue weighted by molar-refractivity contribution is 6.23. The lowest BCUT2D eigenvalue weighted by Crippen LogP contribution is -1.95. The van der Waals surface area contributed by atoms with E-state index in [4.69, 9.17) is 9.97 Å². The van der Waals surface area contributed by atoms with E-state index in [9.17, 15) is 0 Å². The topological polar surface area (TPSA) is 30.7 Å². The highest BCUT2D eigenvalue weighted by Gasteiger charge is 2.16. The Bertz CT molecular complexity index is 2720. The molecule has 0 fully saturated rings. The zero-order valence-electron chi connectivity index (χ0n) is 26.6.